The van der Waals surface area contributed by atoms with Crippen molar-refractivity contribution >= 4 is 18.0 Å². The van der Waals surface area contributed by atoms with E-state index in [1.807, 2.05) is 0 Å². The molecule has 0 bridgehead atoms. The van der Waals surface area contributed by atoms with Gasteiger partial charge in [0.25, 0.3) is 0 Å². The van der Waals surface area contributed by atoms with Crippen molar-refractivity contribution in [1.29, 1.82) is 0 Å². The molecule has 0 saturated carbocycles. The zero-order valence-corrected chi connectivity index (χ0v) is 14.6. The van der Waals surface area contributed by atoms with E-state index in [-0.39, 0.29) is 47.2 Å². The summed E-state index contributed by atoms with van der Waals surface area (Å²) < 4.78 is 10.3. The summed E-state index contributed by atoms with van der Waals surface area (Å²) in [5.41, 5.74) is -1.27. The largest absolute Gasteiger partial charge is 1.00 e. The molecule has 1 aromatic rings. The normalized spacial score (nSPS) is 17.0. The number of ether oxygens (including phenoxy) is 2. The Bertz CT molecular complexity index is 601. The Hall–Kier alpha value is -1.57. The van der Waals surface area contributed by atoms with E-state index in [0.29, 0.717) is 0 Å². The van der Waals surface area contributed by atoms with E-state index in [0.717, 1.165) is 0 Å². The molecular weight excluding hydrogens is 301 g/mol. The van der Waals surface area contributed by atoms with Crippen LogP contribution in [0.1, 0.15) is 34.6 Å². The van der Waals surface area contributed by atoms with E-state index < -0.39 is 29.7 Å². The van der Waals surface area contributed by atoms with Crippen LogP contribution in [0.4, 0.5) is 4.79 Å². The molecule has 2 N–H and O–H groups in total. The molecule has 1 heterocycles. The maximum atomic E-state index is 12.2. The Labute approximate surface area is 149 Å². The van der Waals surface area contributed by atoms with E-state index in [1.165, 1.54) is 18.2 Å². The molecule has 1 fully saturated rings. The first-order valence-electron chi connectivity index (χ1n) is 6.31. The quantitative estimate of drug-likeness (QED) is 0.514. The minimum absolute atomic E-state index is 0. The van der Waals surface area contributed by atoms with Gasteiger partial charge in [0.05, 0.1) is 17.7 Å². The van der Waals surface area contributed by atoms with Gasteiger partial charge in [-0.15, -0.1) is 0 Å². The molecule has 1 aliphatic rings. The number of hydrogen-bond donors (Lipinski definition) is 2. The van der Waals surface area contributed by atoms with Crippen molar-refractivity contribution in [3.63, 3.8) is 0 Å². The number of esters is 1. The summed E-state index contributed by atoms with van der Waals surface area (Å²) >= 11 is 0. The molecule has 8 heteroatoms. The maximum Gasteiger partial charge on any atom is 1.00 e. The molecule has 2 rings (SSSR count). The number of amides is 1. The first-order chi connectivity index (χ1) is 9.81. The van der Waals surface area contributed by atoms with Crippen molar-refractivity contribution in [3.05, 3.63) is 35.4 Å². The van der Waals surface area contributed by atoms with Crippen molar-refractivity contribution in [2.45, 2.75) is 25.6 Å². The molecule has 0 radical (unpaired) electrons. The number of alkyl carbamates (subject to hydrolysis) is 1. The number of hydrogen-bond acceptors (Lipinski definition) is 5. The Balaban J connectivity index is 0.00000242. The molecule has 0 spiro atoms. The molecule has 1 aliphatic heterocycles. The number of cyclic esters (lactones) is 1. The van der Waals surface area contributed by atoms with Crippen molar-refractivity contribution < 1.29 is 58.5 Å². The van der Waals surface area contributed by atoms with Gasteiger partial charge in [-0.05, 0) is 26.0 Å². The van der Waals surface area contributed by atoms with Crippen LogP contribution in [-0.2, 0) is 9.47 Å². The Morgan fingerprint density at radius 1 is 1.32 bits per heavy atom. The number of carboxylic acid groups (broad SMARTS) is 1. The van der Waals surface area contributed by atoms with Gasteiger partial charge in [-0.2, -0.15) is 0 Å². The molecule has 0 aromatic heterocycles. The van der Waals surface area contributed by atoms with Gasteiger partial charge < -0.3 is 19.9 Å². The van der Waals surface area contributed by atoms with Gasteiger partial charge in [0, 0.05) is 0 Å². The van der Waals surface area contributed by atoms with Gasteiger partial charge in [0.15, 0.2) is 6.10 Å². The average molecular weight is 316 g/mol. The molecule has 1 atom stereocenters. The van der Waals surface area contributed by atoms with Gasteiger partial charge in [-0.1, -0.05) is 12.1 Å². The second-order valence-corrected chi connectivity index (χ2v) is 5.12. The second kappa shape index (κ2) is 7.13. The van der Waals surface area contributed by atoms with Crippen LogP contribution in [0.5, 0.6) is 0 Å². The van der Waals surface area contributed by atoms with Crippen LogP contribution in [-0.4, -0.2) is 41.4 Å². The number of aromatic carboxylic acids is 1. The van der Waals surface area contributed by atoms with Crippen molar-refractivity contribution in [1.82, 2.24) is 5.32 Å². The number of carboxylic acids is 1. The molecular formula is C14H15NNaO6+. The number of nitrogens with one attached hydrogen (secondary N) is 1. The van der Waals surface area contributed by atoms with Crippen LogP contribution in [0.3, 0.4) is 0 Å². The summed E-state index contributed by atoms with van der Waals surface area (Å²) in [7, 11) is 0. The predicted octanol–water partition coefficient (Wildman–Crippen LogP) is -1.57. The van der Waals surface area contributed by atoms with E-state index in [4.69, 9.17) is 14.6 Å². The van der Waals surface area contributed by atoms with E-state index >= 15 is 0 Å². The molecule has 7 nitrogen and oxygen atoms in total. The third-order valence-electron chi connectivity index (χ3n) is 3.19. The van der Waals surface area contributed by atoms with E-state index in [2.05, 4.69) is 5.32 Å². The molecule has 1 saturated heterocycles. The average Bonchev–Trinajstić information content (AvgIpc) is 2.85. The third kappa shape index (κ3) is 4.00. The number of benzene rings is 1. The number of carbonyl (C=O) groups is 3. The van der Waals surface area contributed by atoms with Crippen molar-refractivity contribution in [3.8, 4) is 0 Å². The van der Waals surface area contributed by atoms with Crippen LogP contribution in [0.2, 0.25) is 0 Å². The predicted molar refractivity (Wildman–Crippen MR) is 71.2 cm³/mol. The summed E-state index contributed by atoms with van der Waals surface area (Å²) in [5, 5.41) is 11.5. The first-order valence-corrected chi connectivity index (χ1v) is 6.31. The van der Waals surface area contributed by atoms with Crippen LogP contribution in [0.25, 0.3) is 0 Å². The number of carbonyl (C=O) groups excluding carboxylic acids is 2. The first kappa shape index (κ1) is 18.5. The Morgan fingerprint density at radius 2 is 1.91 bits per heavy atom. The SMILES string of the molecule is CC(C)(OC(=O)c1ccccc1C(=O)O)[C@@H]1CNC(=O)O1.[Na+]. The van der Waals surface area contributed by atoms with E-state index in [1.54, 1.807) is 19.9 Å². The molecule has 112 valence electrons. The van der Waals surface area contributed by atoms with Crippen molar-refractivity contribution in [2.24, 2.45) is 0 Å². The monoisotopic (exact) mass is 316 g/mol. The maximum absolute atomic E-state index is 12.2. The topological polar surface area (TPSA) is 102 Å². The standard InChI is InChI=1S/C14H15NO6.Na/c1-14(2,10-7-15-13(19)20-10)21-12(18)9-6-4-3-5-8(9)11(16)17;/h3-6,10H,7H2,1-2H3,(H,15,19)(H,16,17);/q;+1/t10-;/m0./s1. The summed E-state index contributed by atoms with van der Waals surface area (Å²) in [6, 6.07) is 5.77. The molecule has 22 heavy (non-hydrogen) atoms. The minimum Gasteiger partial charge on any atom is -0.478 e. The molecule has 1 aromatic carbocycles. The fourth-order valence-corrected chi connectivity index (χ4v) is 1.98. The zero-order chi connectivity index (χ0) is 15.6. The molecule has 1 amide bonds. The van der Waals surface area contributed by atoms with E-state index in [9.17, 15) is 14.4 Å². The van der Waals surface area contributed by atoms with Gasteiger partial charge in [-0.25, -0.2) is 14.4 Å². The second-order valence-electron chi connectivity index (χ2n) is 5.12. The summed E-state index contributed by atoms with van der Waals surface area (Å²) in [4.78, 5) is 34.3. The van der Waals surface area contributed by atoms with Gasteiger partial charge >= 0.3 is 47.6 Å². The van der Waals surface area contributed by atoms with Crippen LogP contribution in [0, 0.1) is 0 Å². The Morgan fingerprint density at radius 3 is 2.41 bits per heavy atom. The smallest absolute Gasteiger partial charge is 0.478 e. The fraction of sp³-hybridized carbons (Fsp3) is 0.357. The van der Waals surface area contributed by atoms with Crippen LogP contribution < -0.4 is 34.9 Å². The van der Waals surface area contributed by atoms with Crippen LogP contribution >= 0.6 is 0 Å². The summed E-state index contributed by atoms with van der Waals surface area (Å²) in [6.45, 7) is 3.41. The van der Waals surface area contributed by atoms with Crippen molar-refractivity contribution in [2.75, 3.05) is 6.54 Å². The molecule has 0 unspecified atom stereocenters. The fourth-order valence-electron chi connectivity index (χ4n) is 1.98. The summed E-state index contributed by atoms with van der Waals surface area (Å²) in [5.74, 6) is -1.99. The van der Waals surface area contributed by atoms with Gasteiger partial charge in [0.1, 0.15) is 5.60 Å². The molecule has 0 aliphatic carbocycles. The van der Waals surface area contributed by atoms with Gasteiger partial charge in [-0.3, -0.25) is 0 Å². The third-order valence-corrected chi connectivity index (χ3v) is 3.19. The van der Waals surface area contributed by atoms with Gasteiger partial charge in [0.2, 0.25) is 0 Å². The summed E-state index contributed by atoms with van der Waals surface area (Å²) in [6.07, 6.45) is -1.21. The number of rotatable bonds is 4. The zero-order valence-electron chi connectivity index (χ0n) is 12.6. The van der Waals surface area contributed by atoms with Crippen LogP contribution in [0.15, 0.2) is 24.3 Å². The Kier molecular flexibility index (Phi) is 5.99. The minimum atomic E-state index is -1.21.